The topological polar surface area (TPSA) is 38.8 Å². The largest absolute Gasteiger partial charge is 0.497 e. The van der Waals surface area contributed by atoms with Crippen molar-refractivity contribution in [3.05, 3.63) is 57.6 Å². The van der Waals surface area contributed by atoms with Crippen molar-refractivity contribution < 1.29 is 14.3 Å². The SMILES string of the molecule is COc1cc(OC)cc([C@@H]2SCCN2C(=O)c2ccc(Cl)cc2Cl)c1. The van der Waals surface area contributed by atoms with Crippen molar-refractivity contribution in [3.8, 4) is 11.5 Å². The first kappa shape index (κ1) is 18.2. The monoisotopic (exact) mass is 397 g/mol. The predicted octanol–water partition coefficient (Wildman–Crippen LogP) is 4.90. The Labute approximate surface area is 161 Å². The molecule has 0 spiro atoms. The number of amides is 1. The zero-order valence-corrected chi connectivity index (χ0v) is 16.1. The minimum absolute atomic E-state index is 0.113. The normalized spacial score (nSPS) is 16.8. The predicted molar refractivity (Wildman–Crippen MR) is 102 cm³/mol. The van der Waals surface area contributed by atoms with E-state index in [9.17, 15) is 4.79 Å². The summed E-state index contributed by atoms with van der Waals surface area (Å²) in [6, 6.07) is 10.6. The lowest BCUT2D eigenvalue weighted by Crippen LogP contribution is -2.30. The zero-order chi connectivity index (χ0) is 18.0. The Morgan fingerprint density at radius 3 is 2.40 bits per heavy atom. The highest BCUT2D eigenvalue weighted by molar-refractivity contribution is 7.99. The molecule has 2 aromatic rings. The van der Waals surface area contributed by atoms with Gasteiger partial charge >= 0.3 is 0 Å². The maximum absolute atomic E-state index is 13.0. The van der Waals surface area contributed by atoms with Crippen molar-refractivity contribution in [2.24, 2.45) is 0 Å². The fraction of sp³-hybridized carbons (Fsp3) is 0.278. The molecule has 1 amide bonds. The van der Waals surface area contributed by atoms with Crippen LogP contribution >= 0.6 is 35.0 Å². The first-order valence-corrected chi connectivity index (χ1v) is 9.44. The van der Waals surface area contributed by atoms with Gasteiger partial charge in [0, 0.05) is 23.4 Å². The van der Waals surface area contributed by atoms with Gasteiger partial charge in [0.15, 0.2) is 0 Å². The van der Waals surface area contributed by atoms with Crippen LogP contribution in [0.15, 0.2) is 36.4 Å². The number of nitrogens with zero attached hydrogens (tertiary/aromatic N) is 1. The summed E-state index contributed by atoms with van der Waals surface area (Å²) < 4.78 is 10.7. The smallest absolute Gasteiger partial charge is 0.256 e. The third-order valence-corrected chi connectivity index (χ3v) is 5.78. The molecule has 132 valence electrons. The maximum atomic E-state index is 13.0. The van der Waals surface area contributed by atoms with Crippen LogP contribution in [0.25, 0.3) is 0 Å². The van der Waals surface area contributed by atoms with Crippen LogP contribution in [-0.2, 0) is 0 Å². The molecule has 0 bridgehead atoms. The summed E-state index contributed by atoms with van der Waals surface area (Å²) in [6.07, 6.45) is 0. The molecule has 0 unspecified atom stereocenters. The van der Waals surface area contributed by atoms with Gasteiger partial charge in [0.05, 0.1) is 24.8 Å². The molecule has 1 aliphatic heterocycles. The lowest BCUT2D eigenvalue weighted by Gasteiger charge is -2.25. The van der Waals surface area contributed by atoms with Gasteiger partial charge in [-0.05, 0) is 35.9 Å². The Morgan fingerprint density at radius 1 is 1.12 bits per heavy atom. The van der Waals surface area contributed by atoms with Gasteiger partial charge in [0.25, 0.3) is 5.91 Å². The second kappa shape index (κ2) is 7.77. The number of methoxy groups -OCH3 is 2. The highest BCUT2D eigenvalue weighted by Crippen LogP contribution is 2.41. The van der Waals surface area contributed by atoms with Gasteiger partial charge in [-0.15, -0.1) is 11.8 Å². The molecule has 0 N–H and O–H groups in total. The quantitative estimate of drug-likeness (QED) is 0.735. The molecular formula is C18H17Cl2NO3S. The molecule has 4 nitrogen and oxygen atoms in total. The lowest BCUT2D eigenvalue weighted by atomic mass is 10.1. The molecule has 0 aromatic heterocycles. The van der Waals surface area contributed by atoms with Crippen LogP contribution in [0.2, 0.25) is 10.0 Å². The average Bonchev–Trinajstić information content (AvgIpc) is 3.10. The molecule has 0 aliphatic carbocycles. The Kier molecular flexibility index (Phi) is 5.67. The van der Waals surface area contributed by atoms with Gasteiger partial charge in [0.2, 0.25) is 0 Å². The van der Waals surface area contributed by atoms with Crippen LogP contribution in [0.4, 0.5) is 0 Å². The van der Waals surface area contributed by atoms with Gasteiger partial charge in [-0.3, -0.25) is 4.79 Å². The average molecular weight is 398 g/mol. The summed E-state index contributed by atoms with van der Waals surface area (Å²) >= 11 is 13.8. The van der Waals surface area contributed by atoms with Crippen LogP contribution in [0.1, 0.15) is 21.3 Å². The van der Waals surface area contributed by atoms with E-state index in [1.165, 1.54) is 0 Å². The van der Waals surface area contributed by atoms with Crippen LogP contribution in [-0.4, -0.2) is 37.3 Å². The van der Waals surface area contributed by atoms with E-state index in [1.807, 2.05) is 23.1 Å². The third-order valence-electron chi connectivity index (χ3n) is 3.97. The van der Waals surface area contributed by atoms with E-state index in [0.717, 1.165) is 11.3 Å². The lowest BCUT2D eigenvalue weighted by molar-refractivity contribution is 0.0760. The van der Waals surface area contributed by atoms with Crippen LogP contribution < -0.4 is 9.47 Å². The van der Waals surface area contributed by atoms with Gasteiger partial charge in [-0.1, -0.05) is 23.2 Å². The van der Waals surface area contributed by atoms with Crippen LogP contribution in [0.3, 0.4) is 0 Å². The van der Waals surface area contributed by atoms with E-state index in [4.69, 9.17) is 32.7 Å². The number of benzene rings is 2. The van der Waals surface area contributed by atoms with Crippen LogP contribution in [0, 0.1) is 0 Å². The van der Waals surface area contributed by atoms with E-state index in [-0.39, 0.29) is 11.3 Å². The Hall–Kier alpha value is -1.56. The summed E-state index contributed by atoms with van der Waals surface area (Å²) in [5.74, 6) is 2.12. The second-order valence-corrected chi connectivity index (χ2v) is 7.52. The zero-order valence-electron chi connectivity index (χ0n) is 13.8. The molecule has 25 heavy (non-hydrogen) atoms. The van der Waals surface area contributed by atoms with E-state index in [1.54, 1.807) is 44.2 Å². The number of carbonyl (C=O) groups excluding carboxylic acids is 1. The van der Waals surface area contributed by atoms with Gasteiger partial charge in [-0.2, -0.15) is 0 Å². The minimum Gasteiger partial charge on any atom is -0.497 e. The number of hydrogen-bond acceptors (Lipinski definition) is 4. The summed E-state index contributed by atoms with van der Waals surface area (Å²) in [5.41, 5.74) is 1.41. The molecular weight excluding hydrogens is 381 g/mol. The summed E-state index contributed by atoms with van der Waals surface area (Å²) in [5, 5.41) is 0.742. The van der Waals surface area contributed by atoms with Crippen LogP contribution in [0.5, 0.6) is 11.5 Å². The third kappa shape index (κ3) is 3.84. The number of carbonyl (C=O) groups is 1. The van der Waals surface area contributed by atoms with E-state index in [0.29, 0.717) is 33.7 Å². The number of hydrogen-bond donors (Lipinski definition) is 0. The molecule has 3 rings (SSSR count). The molecule has 7 heteroatoms. The second-order valence-electron chi connectivity index (χ2n) is 5.49. The van der Waals surface area contributed by atoms with E-state index in [2.05, 4.69) is 0 Å². The Bertz CT molecular complexity index is 778. The molecule has 0 radical (unpaired) electrons. The Balaban J connectivity index is 1.94. The molecule has 1 atom stereocenters. The number of thioether (sulfide) groups is 1. The number of halogens is 2. The molecule has 1 saturated heterocycles. The minimum atomic E-state index is -0.122. The van der Waals surface area contributed by atoms with Crippen molar-refractivity contribution in [2.45, 2.75) is 5.37 Å². The number of ether oxygens (including phenoxy) is 2. The molecule has 2 aromatic carbocycles. The van der Waals surface area contributed by atoms with Crippen molar-refractivity contribution in [2.75, 3.05) is 26.5 Å². The first-order chi connectivity index (χ1) is 12.0. The summed E-state index contributed by atoms with van der Waals surface area (Å²) in [7, 11) is 3.22. The summed E-state index contributed by atoms with van der Waals surface area (Å²) in [4.78, 5) is 14.8. The van der Waals surface area contributed by atoms with Gasteiger partial charge < -0.3 is 14.4 Å². The van der Waals surface area contributed by atoms with E-state index < -0.39 is 0 Å². The number of rotatable bonds is 4. The highest BCUT2D eigenvalue weighted by Gasteiger charge is 2.32. The first-order valence-electron chi connectivity index (χ1n) is 7.64. The molecule has 1 fully saturated rings. The molecule has 1 heterocycles. The highest BCUT2D eigenvalue weighted by atomic mass is 35.5. The van der Waals surface area contributed by atoms with Gasteiger partial charge in [-0.25, -0.2) is 0 Å². The molecule has 1 aliphatic rings. The maximum Gasteiger partial charge on any atom is 0.256 e. The van der Waals surface area contributed by atoms with Crippen molar-refractivity contribution in [1.29, 1.82) is 0 Å². The van der Waals surface area contributed by atoms with Crippen molar-refractivity contribution in [1.82, 2.24) is 4.90 Å². The molecule has 0 saturated carbocycles. The van der Waals surface area contributed by atoms with E-state index >= 15 is 0 Å². The van der Waals surface area contributed by atoms with Crippen molar-refractivity contribution in [3.63, 3.8) is 0 Å². The fourth-order valence-electron chi connectivity index (χ4n) is 2.74. The standard InChI is InChI=1S/C18H17Cl2NO3S/c1-23-13-7-11(8-14(10-13)24-2)18-21(5-6-25-18)17(22)15-4-3-12(19)9-16(15)20/h3-4,7-10,18H,5-6H2,1-2H3/t18-/m0/s1. The Morgan fingerprint density at radius 2 is 1.80 bits per heavy atom. The fourth-order valence-corrected chi connectivity index (χ4v) is 4.47. The van der Waals surface area contributed by atoms with Crippen molar-refractivity contribution >= 4 is 40.9 Å². The van der Waals surface area contributed by atoms with Gasteiger partial charge in [0.1, 0.15) is 16.9 Å². The summed E-state index contributed by atoms with van der Waals surface area (Å²) in [6.45, 7) is 0.645.